The molecule has 0 saturated heterocycles. The van der Waals surface area contributed by atoms with Gasteiger partial charge in [-0.25, -0.2) is 0 Å². The molecule has 0 fully saturated rings. The summed E-state index contributed by atoms with van der Waals surface area (Å²) in [6.07, 6.45) is 2.67. The van der Waals surface area contributed by atoms with Gasteiger partial charge in [-0.3, -0.25) is 14.7 Å². The highest BCUT2D eigenvalue weighted by Crippen LogP contribution is 2.31. The molecule has 2 aliphatic heterocycles. The summed E-state index contributed by atoms with van der Waals surface area (Å²) in [6.45, 7) is 8.67. The van der Waals surface area contributed by atoms with Crippen molar-refractivity contribution in [3.05, 3.63) is 65.2 Å². The van der Waals surface area contributed by atoms with Crippen LogP contribution in [0.1, 0.15) is 49.3 Å². The standard InChI is InChI=1S/C26H35N5O/c1-3-22(31-14-13-19-9-5-6-10-20(19)18-31)17-29-26(27-4-2)28-16-21-15-25(32)30-24-12-8-7-11-23(21)24/h5-12,21-22H,3-4,13-18H2,1-2H3,(H,30,32)(H2,27,28,29). The van der Waals surface area contributed by atoms with E-state index in [0.717, 1.165) is 50.7 Å². The lowest BCUT2D eigenvalue weighted by Crippen LogP contribution is -2.43. The van der Waals surface area contributed by atoms with E-state index in [1.165, 1.54) is 16.7 Å². The van der Waals surface area contributed by atoms with Crippen LogP contribution in [0.4, 0.5) is 5.69 Å². The number of fused-ring (bicyclic) bond motifs is 2. The number of para-hydroxylation sites is 1. The summed E-state index contributed by atoms with van der Waals surface area (Å²) < 4.78 is 0. The molecule has 6 nitrogen and oxygen atoms in total. The molecule has 2 heterocycles. The van der Waals surface area contributed by atoms with Crippen LogP contribution < -0.4 is 16.0 Å². The van der Waals surface area contributed by atoms with Gasteiger partial charge in [0.25, 0.3) is 0 Å². The number of anilines is 1. The van der Waals surface area contributed by atoms with E-state index in [-0.39, 0.29) is 11.8 Å². The molecule has 0 saturated carbocycles. The zero-order chi connectivity index (χ0) is 22.3. The number of nitrogens with zero attached hydrogens (tertiary/aromatic N) is 2. The quantitative estimate of drug-likeness (QED) is 0.462. The number of rotatable bonds is 7. The van der Waals surface area contributed by atoms with Crippen LogP contribution in [0.3, 0.4) is 0 Å². The number of carbonyl (C=O) groups excluding carboxylic acids is 1. The minimum atomic E-state index is 0.0777. The predicted molar refractivity (Wildman–Crippen MR) is 131 cm³/mol. The number of guanidine groups is 1. The molecule has 4 rings (SSSR count). The van der Waals surface area contributed by atoms with Gasteiger partial charge < -0.3 is 16.0 Å². The van der Waals surface area contributed by atoms with Crippen LogP contribution in [-0.2, 0) is 17.8 Å². The lowest BCUT2D eigenvalue weighted by Gasteiger charge is -2.34. The fourth-order valence-electron chi connectivity index (χ4n) is 4.77. The Balaban J connectivity index is 1.39. The Labute approximate surface area is 191 Å². The third-order valence-electron chi connectivity index (χ3n) is 6.57. The lowest BCUT2D eigenvalue weighted by molar-refractivity contribution is -0.116. The lowest BCUT2D eigenvalue weighted by atomic mass is 9.90. The van der Waals surface area contributed by atoms with Gasteiger partial charge in [0.15, 0.2) is 5.96 Å². The van der Waals surface area contributed by atoms with Crippen LogP contribution in [0, 0.1) is 0 Å². The molecule has 2 atom stereocenters. The first-order chi connectivity index (χ1) is 15.7. The van der Waals surface area contributed by atoms with Crippen molar-refractivity contribution >= 4 is 17.6 Å². The number of aliphatic imine (C=N–C) groups is 1. The van der Waals surface area contributed by atoms with Crippen molar-refractivity contribution in [2.24, 2.45) is 4.99 Å². The summed E-state index contributed by atoms with van der Waals surface area (Å²) in [4.78, 5) is 19.6. The molecule has 32 heavy (non-hydrogen) atoms. The first-order valence-electron chi connectivity index (χ1n) is 11.9. The molecule has 0 bridgehead atoms. The molecule has 0 spiro atoms. The molecule has 2 aromatic carbocycles. The zero-order valence-electron chi connectivity index (χ0n) is 19.2. The van der Waals surface area contributed by atoms with Crippen molar-refractivity contribution in [2.45, 2.75) is 51.6 Å². The molecule has 3 N–H and O–H groups in total. The number of nitrogens with one attached hydrogen (secondary N) is 3. The second-order valence-corrected chi connectivity index (χ2v) is 8.69. The van der Waals surface area contributed by atoms with E-state index in [1.807, 2.05) is 18.2 Å². The summed E-state index contributed by atoms with van der Waals surface area (Å²) in [5.41, 5.74) is 5.04. The Hall–Kier alpha value is -2.86. The maximum Gasteiger partial charge on any atom is 0.225 e. The van der Waals surface area contributed by atoms with E-state index in [4.69, 9.17) is 4.99 Å². The number of benzene rings is 2. The summed E-state index contributed by atoms with van der Waals surface area (Å²) in [5, 5.41) is 9.84. The average molecular weight is 434 g/mol. The van der Waals surface area contributed by atoms with Gasteiger partial charge in [-0.05, 0) is 42.5 Å². The minimum Gasteiger partial charge on any atom is -0.357 e. The van der Waals surface area contributed by atoms with Gasteiger partial charge in [0.05, 0.1) is 6.54 Å². The van der Waals surface area contributed by atoms with E-state index >= 15 is 0 Å². The third kappa shape index (κ3) is 5.30. The summed E-state index contributed by atoms with van der Waals surface area (Å²) in [6, 6.07) is 17.3. The average Bonchev–Trinajstić information content (AvgIpc) is 2.82. The van der Waals surface area contributed by atoms with E-state index in [9.17, 15) is 4.79 Å². The van der Waals surface area contributed by atoms with Crippen molar-refractivity contribution in [3.63, 3.8) is 0 Å². The molecular weight excluding hydrogens is 398 g/mol. The molecule has 2 aliphatic rings. The van der Waals surface area contributed by atoms with Crippen molar-refractivity contribution < 1.29 is 4.79 Å². The molecule has 2 aromatic rings. The second-order valence-electron chi connectivity index (χ2n) is 8.69. The highest BCUT2D eigenvalue weighted by Gasteiger charge is 2.25. The molecular formula is C26H35N5O. The van der Waals surface area contributed by atoms with Crippen molar-refractivity contribution in [1.29, 1.82) is 0 Å². The summed E-state index contributed by atoms with van der Waals surface area (Å²) in [5.74, 6) is 1.05. The Morgan fingerprint density at radius 2 is 1.91 bits per heavy atom. The summed E-state index contributed by atoms with van der Waals surface area (Å²) >= 11 is 0. The molecule has 6 heteroatoms. The maximum atomic E-state index is 12.1. The smallest absolute Gasteiger partial charge is 0.225 e. The Morgan fingerprint density at radius 3 is 2.72 bits per heavy atom. The normalized spacial score (nSPS) is 19.5. The number of hydrogen-bond acceptors (Lipinski definition) is 3. The van der Waals surface area contributed by atoms with Crippen molar-refractivity contribution in [3.8, 4) is 0 Å². The van der Waals surface area contributed by atoms with Gasteiger partial charge in [-0.15, -0.1) is 0 Å². The Bertz CT molecular complexity index is 957. The van der Waals surface area contributed by atoms with Gasteiger partial charge >= 0.3 is 0 Å². The van der Waals surface area contributed by atoms with E-state index < -0.39 is 0 Å². The third-order valence-corrected chi connectivity index (χ3v) is 6.57. The molecule has 0 radical (unpaired) electrons. The van der Waals surface area contributed by atoms with Gasteiger partial charge in [0, 0.05) is 50.2 Å². The Kier molecular flexibility index (Phi) is 7.43. The number of hydrogen-bond donors (Lipinski definition) is 3. The van der Waals surface area contributed by atoms with E-state index in [0.29, 0.717) is 19.0 Å². The second kappa shape index (κ2) is 10.6. The van der Waals surface area contributed by atoms with Crippen LogP contribution in [-0.4, -0.2) is 49.0 Å². The minimum absolute atomic E-state index is 0.0777. The largest absolute Gasteiger partial charge is 0.357 e. The van der Waals surface area contributed by atoms with Crippen LogP contribution in [0.15, 0.2) is 53.5 Å². The van der Waals surface area contributed by atoms with Crippen LogP contribution in [0.5, 0.6) is 0 Å². The van der Waals surface area contributed by atoms with E-state index in [2.05, 4.69) is 65.0 Å². The fraction of sp³-hybridized carbons (Fsp3) is 0.462. The Morgan fingerprint density at radius 1 is 1.12 bits per heavy atom. The highest BCUT2D eigenvalue weighted by molar-refractivity contribution is 5.94. The molecule has 0 aromatic heterocycles. The van der Waals surface area contributed by atoms with Gasteiger partial charge in [0.1, 0.15) is 0 Å². The van der Waals surface area contributed by atoms with Gasteiger partial charge in [-0.2, -0.15) is 0 Å². The predicted octanol–water partition coefficient (Wildman–Crippen LogP) is 3.50. The van der Waals surface area contributed by atoms with Crippen LogP contribution in [0.25, 0.3) is 0 Å². The zero-order valence-corrected chi connectivity index (χ0v) is 19.2. The molecule has 0 aliphatic carbocycles. The molecule has 170 valence electrons. The van der Waals surface area contributed by atoms with Crippen LogP contribution in [0.2, 0.25) is 0 Å². The molecule has 1 amide bonds. The highest BCUT2D eigenvalue weighted by atomic mass is 16.1. The first kappa shape index (κ1) is 22.3. The topological polar surface area (TPSA) is 68.8 Å². The summed E-state index contributed by atoms with van der Waals surface area (Å²) in [7, 11) is 0. The number of amides is 1. The van der Waals surface area contributed by atoms with Crippen LogP contribution >= 0.6 is 0 Å². The van der Waals surface area contributed by atoms with Crippen molar-refractivity contribution in [2.75, 3.05) is 31.5 Å². The van der Waals surface area contributed by atoms with Crippen molar-refractivity contribution in [1.82, 2.24) is 15.5 Å². The maximum absolute atomic E-state index is 12.1. The monoisotopic (exact) mass is 433 g/mol. The first-order valence-corrected chi connectivity index (χ1v) is 11.9. The molecule has 2 unspecified atom stereocenters. The van der Waals surface area contributed by atoms with Gasteiger partial charge in [0.2, 0.25) is 5.91 Å². The van der Waals surface area contributed by atoms with Gasteiger partial charge in [-0.1, -0.05) is 49.4 Å². The van der Waals surface area contributed by atoms with E-state index in [1.54, 1.807) is 0 Å². The SMILES string of the molecule is CCNC(=NCC(CC)N1CCc2ccccc2C1)NCC1CC(=O)Nc2ccccc21. The number of carbonyl (C=O) groups is 1. The fourth-order valence-corrected chi connectivity index (χ4v) is 4.77.